The van der Waals surface area contributed by atoms with Gasteiger partial charge in [-0.25, -0.2) is 13.2 Å². The van der Waals surface area contributed by atoms with Gasteiger partial charge >= 0.3 is 0 Å². The number of nitrogens with one attached hydrogen (secondary N) is 1. The molecule has 1 heterocycles. The number of halogens is 4. The number of fused-ring (bicyclic) bond motifs is 1. The fourth-order valence-corrected chi connectivity index (χ4v) is 1.75. The van der Waals surface area contributed by atoms with E-state index in [1.807, 2.05) is 0 Å². The largest absolute Gasteiger partial charge is 0.280 e. The summed E-state index contributed by atoms with van der Waals surface area (Å²) in [5.41, 5.74) is -0.0538. The Balaban J connectivity index is 2.78. The van der Waals surface area contributed by atoms with E-state index in [1.54, 1.807) is 0 Å². The van der Waals surface area contributed by atoms with Crippen LogP contribution in [0.15, 0.2) is 16.6 Å². The minimum atomic E-state index is -2.69. The number of H-pyrrole nitrogens is 1. The van der Waals surface area contributed by atoms with E-state index in [1.165, 1.54) is 6.07 Å². The van der Waals surface area contributed by atoms with Crippen LogP contribution in [0.2, 0.25) is 0 Å². The molecule has 0 unspecified atom stereocenters. The number of nitrogens with zero attached hydrogens (tertiary/aromatic N) is 1. The SMILES string of the molecule is Fc1cc(Br)c2n[nH]c(C(F)F)c2c1. The molecule has 0 atom stereocenters. The molecule has 1 aromatic heterocycles. The Labute approximate surface area is 85.2 Å². The first-order valence-corrected chi connectivity index (χ1v) is 4.50. The van der Waals surface area contributed by atoms with Crippen molar-refractivity contribution in [1.82, 2.24) is 10.2 Å². The maximum atomic E-state index is 12.9. The van der Waals surface area contributed by atoms with Gasteiger partial charge in [0, 0.05) is 9.86 Å². The first-order chi connectivity index (χ1) is 6.59. The summed E-state index contributed by atoms with van der Waals surface area (Å²) in [4.78, 5) is 0. The third-order valence-corrected chi connectivity index (χ3v) is 2.43. The van der Waals surface area contributed by atoms with Gasteiger partial charge in [-0.2, -0.15) is 5.10 Å². The molecule has 0 amide bonds. The first kappa shape index (κ1) is 9.51. The number of alkyl halides is 2. The molecule has 14 heavy (non-hydrogen) atoms. The normalized spacial score (nSPS) is 11.5. The highest BCUT2D eigenvalue weighted by Crippen LogP contribution is 2.30. The molecule has 0 spiro atoms. The number of hydrogen-bond acceptors (Lipinski definition) is 1. The molecule has 0 saturated carbocycles. The van der Waals surface area contributed by atoms with Crippen molar-refractivity contribution in [2.45, 2.75) is 6.43 Å². The summed E-state index contributed by atoms with van der Waals surface area (Å²) < 4.78 is 38.0. The molecular weight excluding hydrogens is 261 g/mol. The van der Waals surface area contributed by atoms with Gasteiger partial charge < -0.3 is 0 Å². The lowest BCUT2D eigenvalue weighted by Crippen LogP contribution is -1.84. The highest BCUT2D eigenvalue weighted by Gasteiger charge is 2.16. The summed E-state index contributed by atoms with van der Waals surface area (Å²) in [6, 6.07) is 2.21. The van der Waals surface area contributed by atoms with E-state index < -0.39 is 12.2 Å². The Morgan fingerprint density at radius 1 is 1.36 bits per heavy atom. The van der Waals surface area contributed by atoms with Crippen molar-refractivity contribution >= 4 is 26.8 Å². The van der Waals surface area contributed by atoms with Gasteiger partial charge in [0.1, 0.15) is 17.0 Å². The molecule has 74 valence electrons. The van der Waals surface area contributed by atoms with E-state index in [0.29, 0.717) is 9.99 Å². The maximum Gasteiger partial charge on any atom is 0.280 e. The molecule has 0 aliphatic rings. The Morgan fingerprint density at radius 2 is 2.07 bits per heavy atom. The summed E-state index contributed by atoms with van der Waals surface area (Å²) >= 11 is 3.04. The second-order valence-corrected chi connectivity index (χ2v) is 3.58. The van der Waals surface area contributed by atoms with Crippen molar-refractivity contribution in [1.29, 1.82) is 0 Å². The van der Waals surface area contributed by atoms with Gasteiger partial charge in [0.15, 0.2) is 0 Å². The first-order valence-electron chi connectivity index (χ1n) is 3.70. The van der Waals surface area contributed by atoms with Gasteiger partial charge in [-0.15, -0.1) is 0 Å². The van der Waals surface area contributed by atoms with E-state index in [9.17, 15) is 13.2 Å². The van der Waals surface area contributed by atoms with E-state index in [2.05, 4.69) is 26.1 Å². The molecule has 0 saturated heterocycles. The van der Waals surface area contributed by atoms with E-state index in [-0.39, 0.29) is 11.1 Å². The molecule has 1 N–H and O–H groups in total. The van der Waals surface area contributed by atoms with Crippen LogP contribution >= 0.6 is 15.9 Å². The predicted octanol–water partition coefficient (Wildman–Crippen LogP) is 3.40. The van der Waals surface area contributed by atoms with Crippen LogP contribution in [0, 0.1) is 5.82 Å². The van der Waals surface area contributed by atoms with Crippen molar-refractivity contribution in [3.63, 3.8) is 0 Å². The van der Waals surface area contributed by atoms with Crippen LogP contribution in [-0.2, 0) is 0 Å². The molecule has 6 heteroatoms. The van der Waals surface area contributed by atoms with E-state index >= 15 is 0 Å². The zero-order valence-corrected chi connectivity index (χ0v) is 8.28. The van der Waals surface area contributed by atoms with Crippen LogP contribution < -0.4 is 0 Å². The van der Waals surface area contributed by atoms with Crippen molar-refractivity contribution in [3.05, 3.63) is 28.1 Å². The van der Waals surface area contributed by atoms with Crippen molar-refractivity contribution in [2.75, 3.05) is 0 Å². The second kappa shape index (κ2) is 3.27. The Hall–Kier alpha value is -1.04. The molecule has 1 aromatic carbocycles. The molecule has 2 aromatic rings. The minimum Gasteiger partial charge on any atom is -0.275 e. The highest BCUT2D eigenvalue weighted by molar-refractivity contribution is 9.10. The summed E-state index contributed by atoms with van der Waals surface area (Å²) in [5.74, 6) is -0.576. The second-order valence-electron chi connectivity index (χ2n) is 2.72. The average Bonchev–Trinajstić information content (AvgIpc) is 2.47. The summed E-state index contributed by atoms with van der Waals surface area (Å²) in [6.45, 7) is 0. The molecule has 2 nitrogen and oxygen atoms in total. The molecular formula is C8H4BrF3N2. The zero-order chi connectivity index (χ0) is 10.3. The number of benzene rings is 1. The number of hydrogen-bond donors (Lipinski definition) is 1. The smallest absolute Gasteiger partial charge is 0.275 e. The number of aromatic amines is 1. The lowest BCUT2D eigenvalue weighted by molar-refractivity contribution is 0.147. The van der Waals surface area contributed by atoms with Crippen LogP contribution in [0.5, 0.6) is 0 Å². The predicted molar refractivity (Wildman–Crippen MR) is 48.7 cm³/mol. The topological polar surface area (TPSA) is 28.7 Å². The van der Waals surface area contributed by atoms with Crippen LogP contribution in [-0.4, -0.2) is 10.2 Å². The van der Waals surface area contributed by atoms with Crippen molar-refractivity contribution in [3.8, 4) is 0 Å². The standard InChI is InChI=1S/C8H4BrF3N2/c9-5-2-3(10)1-4-6(5)13-14-7(4)8(11)12/h1-2,8H,(H,13,14). The molecule has 0 aliphatic carbocycles. The summed E-state index contributed by atoms with van der Waals surface area (Å²) in [7, 11) is 0. The van der Waals surface area contributed by atoms with E-state index in [0.717, 1.165) is 6.07 Å². The van der Waals surface area contributed by atoms with Gasteiger partial charge in [-0.3, -0.25) is 5.10 Å². The molecule has 0 bridgehead atoms. The molecule has 0 fully saturated rings. The van der Waals surface area contributed by atoms with Gasteiger partial charge in [0.2, 0.25) is 0 Å². The average molecular weight is 265 g/mol. The monoisotopic (exact) mass is 264 g/mol. The Bertz CT molecular complexity index is 481. The third kappa shape index (κ3) is 1.39. The molecule has 0 aliphatic heterocycles. The van der Waals surface area contributed by atoms with Crippen LogP contribution in [0.3, 0.4) is 0 Å². The lowest BCUT2D eigenvalue weighted by Gasteiger charge is -1.96. The van der Waals surface area contributed by atoms with Gasteiger partial charge in [-0.05, 0) is 28.1 Å². The lowest BCUT2D eigenvalue weighted by atomic mass is 10.2. The van der Waals surface area contributed by atoms with Crippen molar-refractivity contribution in [2.24, 2.45) is 0 Å². The fraction of sp³-hybridized carbons (Fsp3) is 0.125. The van der Waals surface area contributed by atoms with Crippen molar-refractivity contribution < 1.29 is 13.2 Å². The van der Waals surface area contributed by atoms with Gasteiger partial charge in [-0.1, -0.05) is 0 Å². The Kier molecular flexibility index (Phi) is 2.22. The summed E-state index contributed by atoms with van der Waals surface area (Å²) in [5, 5.41) is 5.95. The minimum absolute atomic E-state index is 0.104. The zero-order valence-electron chi connectivity index (χ0n) is 6.69. The summed E-state index contributed by atoms with van der Waals surface area (Å²) in [6.07, 6.45) is -2.69. The maximum absolute atomic E-state index is 12.9. The van der Waals surface area contributed by atoms with Crippen LogP contribution in [0.1, 0.15) is 12.1 Å². The Morgan fingerprint density at radius 3 is 2.71 bits per heavy atom. The quantitative estimate of drug-likeness (QED) is 0.841. The third-order valence-electron chi connectivity index (χ3n) is 1.82. The molecule has 0 radical (unpaired) electrons. The van der Waals surface area contributed by atoms with E-state index in [4.69, 9.17) is 0 Å². The van der Waals surface area contributed by atoms with Gasteiger partial charge in [0.05, 0.1) is 0 Å². The van der Waals surface area contributed by atoms with Gasteiger partial charge in [0.25, 0.3) is 6.43 Å². The number of aromatic nitrogens is 2. The van der Waals surface area contributed by atoms with Crippen LogP contribution in [0.4, 0.5) is 13.2 Å². The molecule has 2 rings (SSSR count). The number of rotatable bonds is 1. The highest BCUT2D eigenvalue weighted by atomic mass is 79.9. The van der Waals surface area contributed by atoms with Crippen LogP contribution in [0.25, 0.3) is 10.9 Å². The fourth-order valence-electron chi connectivity index (χ4n) is 1.23.